The zero-order valence-corrected chi connectivity index (χ0v) is 15.1. The van der Waals surface area contributed by atoms with Crippen molar-refractivity contribution in [2.45, 2.75) is 19.3 Å². The van der Waals surface area contributed by atoms with E-state index in [1.165, 1.54) is 10.9 Å². The molecule has 1 aromatic carbocycles. The van der Waals surface area contributed by atoms with Crippen molar-refractivity contribution in [2.75, 3.05) is 29.9 Å². The molecule has 1 fully saturated rings. The van der Waals surface area contributed by atoms with E-state index >= 15 is 0 Å². The van der Waals surface area contributed by atoms with Crippen molar-refractivity contribution >= 4 is 28.5 Å². The Hall–Kier alpha value is -3.09. The topological polar surface area (TPSA) is 94.1 Å². The van der Waals surface area contributed by atoms with Gasteiger partial charge in [0.05, 0.1) is 5.92 Å². The van der Waals surface area contributed by atoms with E-state index in [1.807, 2.05) is 12.1 Å². The number of aromatic nitrogens is 3. The average molecular weight is 365 g/mol. The number of aromatic amines is 1. The molecule has 1 saturated heterocycles. The normalized spacial score (nSPS) is 15.2. The summed E-state index contributed by atoms with van der Waals surface area (Å²) in [7, 11) is 0. The van der Waals surface area contributed by atoms with Gasteiger partial charge in [-0.15, -0.1) is 0 Å². The van der Waals surface area contributed by atoms with E-state index in [1.54, 1.807) is 6.33 Å². The van der Waals surface area contributed by atoms with Gasteiger partial charge in [-0.05, 0) is 30.9 Å². The molecule has 4 rings (SSSR count). The highest BCUT2D eigenvalue weighted by molar-refractivity contribution is 5.83. The lowest BCUT2D eigenvalue weighted by atomic mass is 9.97. The molecule has 140 valence electrons. The Morgan fingerprint density at radius 3 is 2.89 bits per heavy atom. The number of piperidine rings is 1. The number of aliphatic carboxylic acids is 1. The third kappa shape index (κ3) is 3.86. The fourth-order valence-electron chi connectivity index (χ4n) is 3.64. The van der Waals surface area contributed by atoms with E-state index in [-0.39, 0.29) is 5.92 Å². The standard InChI is InChI=1S/C20H23N5O2/c26-20(27)14-6-9-25(10-7-14)19-11-18(23-13-24-19)21-8-5-15-12-22-17-4-2-1-3-16(15)17/h1-4,11-14,22H,5-10H2,(H,26,27)(H,21,23,24). The van der Waals surface area contributed by atoms with Gasteiger partial charge in [-0.25, -0.2) is 9.97 Å². The summed E-state index contributed by atoms with van der Waals surface area (Å²) in [6, 6.07) is 10.2. The Labute approximate surface area is 157 Å². The highest BCUT2D eigenvalue weighted by atomic mass is 16.4. The average Bonchev–Trinajstić information content (AvgIpc) is 3.12. The Balaban J connectivity index is 1.35. The van der Waals surface area contributed by atoms with Gasteiger partial charge < -0.3 is 20.3 Å². The van der Waals surface area contributed by atoms with Gasteiger partial charge in [0, 0.05) is 42.8 Å². The molecule has 0 unspecified atom stereocenters. The number of fused-ring (bicyclic) bond motifs is 1. The summed E-state index contributed by atoms with van der Waals surface area (Å²) in [6.45, 7) is 2.20. The zero-order chi connectivity index (χ0) is 18.6. The lowest BCUT2D eigenvalue weighted by Gasteiger charge is -2.31. The zero-order valence-electron chi connectivity index (χ0n) is 15.1. The molecule has 0 spiro atoms. The number of nitrogens with one attached hydrogen (secondary N) is 2. The first-order valence-electron chi connectivity index (χ1n) is 9.29. The molecule has 3 aromatic rings. The number of benzene rings is 1. The molecule has 7 heteroatoms. The van der Waals surface area contributed by atoms with E-state index in [4.69, 9.17) is 5.11 Å². The number of rotatable bonds is 6. The van der Waals surface area contributed by atoms with Gasteiger partial charge in [0.1, 0.15) is 18.0 Å². The minimum Gasteiger partial charge on any atom is -0.481 e. The third-order valence-electron chi connectivity index (χ3n) is 5.20. The van der Waals surface area contributed by atoms with Crippen molar-refractivity contribution in [1.29, 1.82) is 0 Å². The van der Waals surface area contributed by atoms with Gasteiger partial charge in [-0.2, -0.15) is 0 Å². The maximum atomic E-state index is 11.1. The summed E-state index contributed by atoms with van der Waals surface area (Å²) >= 11 is 0. The van der Waals surface area contributed by atoms with Crippen molar-refractivity contribution in [3.05, 3.63) is 48.4 Å². The first-order chi connectivity index (χ1) is 13.2. The maximum Gasteiger partial charge on any atom is 0.306 e. The van der Waals surface area contributed by atoms with Crippen LogP contribution in [0.4, 0.5) is 11.6 Å². The van der Waals surface area contributed by atoms with Crippen LogP contribution in [0.3, 0.4) is 0 Å². The lowest BCUT2D eigenvalue weighted by molar-refractivity contribution is -0.142. The Bertz CT molecular complexity index is 931. The van der Waals surface area contributed by atoms with E-state index in [0.29, 0.717) is 25.9 Å². The number of H-pyrrole nitrogens is 1. The van der Waals surface area contributed by atoms with Crippen LogP contribution >= 0.6 is 0 Å². The third-order valence-corrected chi connectivity index (χ3v) is 5.20. The summed E-state index contributed by atoms with van der Waals surface area (Å²) in [6.07, 6.45) is 5.83. The minimum atomic E-state index is -0.697. The molecule has 1 aliphatic rings. The largest absolute Gasteiger partial charge is 0.481 e. The molecular formula is C20H23N5O2. The summed E-state index contributed by atoms with van der Waals surface area (Å²) in [5.41, 5.74) is 2.43. The summed E-state index contributed by atoms with van der Waals surface area (Å²) in [4.78, 5) is 25.2. The summed E-state index contributed by atoms with van der Waals surface area (Å²) in [5.74, 6) is 0.706. The van der Waals surface area contributed by atoms with Crippen molar-refractivity contribution in [1.82, 2.24) is 15.0 Å². The fraction of sp³-hybridized carbons (Fsp3) is 0.350. The van der Waals surface area contributed by atoms with Gasteiger partial charge in [0.25, 0.3) is 0 Å². The van der Waals surface area contributed by atoms with Crippen molar-refractivity contribution in [3.63, 3.8) is 0 Å². The molecule has 0 amide bonds. The van der Waals surface area contributed by atoms with Crippen LogP contribution in [0.5, 0.6) is 0 Å². The predicted octanol–water partition coefficient (Wildman–Crippen LogP) is 2.91. The maximum absolute atomic E-state index is 11.1. The first-order valence-corrected chi connectivity index (χ1v) is 9.29. The van der Waals surface area contributed by atoms with Crippen LogP contribution in [-0.2, 0) is 11.2 Å². The Morgan fingerprint density at radius 2 is 2.07 bits per heavy atom. The van der Waals surface area contributed by atoms with Crippen LogP contribution in [0.1, 0.15) is 18.4 Å². The molecule has 0 bridgehead atoms. The molecule has 0 saturated carbocycles. The van der Waals surface area contributed by atoms with Crippen LogP contribution in [0.15, 0.2) is 42.9 Å². The number of carboxylic acid groups (broad SMARTS) is 1. The van der Waals surface area contributed by atoms with Crippen LogP contribution in [0.2, 0.25) is 0 Å². The number of para-hydroxylation sites is 1. The lowest BCUT2D eigenvalue weighted by Crippen LogP contribution is -2.36. The molecule has 2 aromatic heterocycles. The second-order valence-electron chi connectivity index (χ2n) is 6.90. The van der Waals surface area contributed by atoms with Crippen molar-refractivity contribution < 1.29 is 9.90 Å². The number of carboxylic acids is 1. The van der Waals surface area contributed by atoms with Crippen LogP contribution < -0.4 is 10.2 Å². The Kier molecular flexibility index (Phi) is 4.91. The van der Waals surface area contributed by atoms with Crippen LogP contribution in [0, 0.1) is 5.92 Å². The molecule has 0 aliphatic carbocycles. The predicted molar refractivity (Wildman–Crippen MR) is 105 cm³/mol. The molecular weight excluding hydrogens is 342 g/mol. The SMILES string of the molecule is O=C(O)C1CCN(c2cc(NCCc3c[nH]c4ccccc34)ncn2)CC1. The molecule has 0 radical (unpaired) electrons. The van der Waals surface area contributed by atoms with Gasteiger partial charge in [-0.1, -0.05) is 18.2 Å². The minimum absolute atomic E-state index is 0.239. The molecule has 3 heterocycles. The smallest absolute Gasteiger partial charge is 0.306 e. The molecule has 0 atom stereocenters. The quantitative estimate of drug-likeness (QED) is 0.622. The Morgan fingerprint density at radius 1 is 1.26 bits per heavy atom. The second kappa shape index (κ2) is 7.65. The second-order valence-corrected chi connectivity index (χ2v) is 6.90. The fourth-order valence-corrected chi connectivity index (χ4v) is 3.64. The summed E-state index contributed by atoms with van der Waals surface area (Å²) in [5, 5.41) is 13.7. The molecule has 7 nitrogen and oxygen atoms in total. The highest BCUT2D eigenvalue weighted by Crippen LogP contribution is 2.23. The number of hydrogen-bond donors (Lipinski definition) is 3. The van der Waals surface area contributed by atoms with E-state index in [2.05, 4.69) is 49.6 Å². The summed E-state index contributed by atoms with van der Waals surface area (Å²) < 4.78 is 0. The molecule has 1 aliphatic heterocycles. The van der Waals surface area contributed by atoms with Gasteiger partial charge in [0.15, 0.2) is 0 Å². The monoisotopic (exact) mass is 365 g/mol. The van der Waals surface area contributed by atoms with Gasteiger partial charge in [-0.3, -0.25) is 4.79 Å². The molecule has 27 heavy (non-hydrogen) atoms. The van der Waals surface area contributed by atoms with Crippen molar-refractivity contribution in [3.8, 4) is 0 Å². The van der Waals surface area contributed by atoms with E-state index < -0.39 is 5.97 Å². The number of nitrogens with zero attached hydrogens (tertiary/aromatic N) is 3. The van der Waals surface area contributed by atoms with Crippen LogP contribution in [-0.4, -0.2) is 45.7 Å². The number of carbonyl (C=O) groups is 1. The van der Waals surface area contributed by atoms with Gasteiger partial charge >= 0.3 is 5.97 Å². The van der Waals surface area contributed by atoms with E-state index in [9.17, 15) is 4.79 Å². The first kappa shape index (κ1) is 17.3. The number of hydrogen-bond acceptors (Lipinski definition) is 5. The van der Waals surface area contributed by atoms with Gasteiger partial charge in [0.2, 0.25) is 0 Å². The van der Waals surface area contributed by atoms with Crippen LogP contribution in [0.25, 0.3) is 10.9 Å². The molecule has 3 N–H and O–H groups in total. The van der Waals surface area contributed by atoms with Crippen molar-refractivity contribution in [2.24, 2.45) is 5.92 Å². The highest BCUT2D eigenvalue weighted by Gasteiger charge is 2.25. The number of anilines is 2. The van der Waals surface area contributed by atoms with E-state index in [0.717, 1.165) is 30.1 Å².